The Labute approximate surface area is 169 Å². The highest BCUT2D eigenvalue weighted by Gasteiger charge is 2.21. The van der Waals surface area contributed by atoms with Crippen LogP contribution in [0.4, 0.5) is 0 Å². The molecule has 0 spiro atoms. The van der Waals surface area contributed by atoms with Crippen LogP contribution in [0.5, 0.6) is 0 Å². The van der Waals surface area contributed by atoms with Gasteiger partial charge in [0.15, 0.2) is 12.8 Å². The molecule has 0 aliphatic heterocycles. The van der Waals surface area contributed by atoms with Crippen molar-refractivity contribution in [2.45, 2.75) is 13.0 Å². The lowest BCUT2D eigenvalue weighted by Crippen LogP contribution is -2.38. The van der Waals surface area contributed by atoms with E-state index in [4.69, 9.17) is 4.74 Å². The summed E-state index contributed by atoms with van der Waals surface area (Å²) in [6, 6.07) is 23.9. The Morgan fingerprint density at radius 3 is 2.14 bits per heavy atom. The highest BCUT2D eigenvalue weighted by atomic mass is 16.5. The monoisotopic (exact) mass is 390 g/mol. The van der Waals surface area contributed by atoms with Crippen LogP contribution in [0.25, 0.3) is 0 Å². The van der Waals surface area contributed by atoms with E-state index < -0.39 is 12.6 Å². The van der Waals surface area contributed by atoms with Crippen LogP contribution < -0.4 is 4.73 Å². The van der Waals surface area contributed by atoms with E-state index in [9.17, 15) is 14.8 Å². The number of esters is 1. The molecule has 0 aliphatic rings. The van der Waals surface area contributed by atoms with Gasteiger partial charge < -0.3 is 14.8 Å². The average Bonchev–Trinajstić information content (AvgIpc) is 2.76. The van der Waals surface area contributed by atoms with Gasteiger partial charge in [0.05, 0.1) is 0 Å². The maximum Gasteiger partial charge on any atom is 0.405 e. The first-order chi connectivity index (χ1) is 14.1. The summed E-state index contributed by atoms with van der Waals surface area (Å²) in [6.45, 7) is 0.481. The van der Waals surface area contributed by atoms with Crippen molar-refractivity contribution in [3.8, 4) is 0 Å². The molecule has 0 N–H and O–H groups in total. The average molecular weight is 390 g/mol. The van der Waals surface area contributed by atoms with E-state index in [-0.39, 0.29) is 11.6 Å². The molecule has 0 atom stereocenters. The normalized spacial score (nSPS) is 10.3. The lowest BCUT2D eigenvalue weighted by molar-refractivity contribution is -0.608. The van der Waals surface area contributed by atoms with Crippen LogP contribution in [0, 0.1) is 5.21 Å². The molecule has 29 heavy (non-hydrogen) atoms. The molecule has 0 bridgehead atoms. The Hall–Kier alpha value is -3.67. The van der Waals surface area contributed by atoms with Gasteiger partial charge in [0.2, 0.25) is 0 Å². The molecule has 0 unspecified atom stereocenters. The molecule has 0 saturated heterocycles. The maximum atomic E-state index is 12.8. The molecule has 3 aromatic rings. The highest BCUT2D eigenvalue weighted by Crippen LogP contribution is 2.08. The second kappa shape index (κ2) is 10.0. The number of pyridine rings is 1. The van der Waals surface area contributed by atoms with Crippen LogP contribution >= 0.6 is 0 Å². The van der Waals surface area contributed by atoms with Crippen molar-refractivity contribution in [3.05, 3.63) is 107 Å². The van der Waals surface area contributed by atoms with Gasteiger partial charge in [-0.1, -0.05) is 60.7 Å². The number of ether oxygens (including phenoxy) is 1. The van der Waals surface area contributed by atoms with E-state index in [2.05, 4.69) is 0 Å². The third-order valence-corrected chi connectivity index (χ3v) is 4.44. The molecule has 0 aliphatic carbocycles. The number of benzene rings is 2. The molecule has 1 amide bonds. The van der Waals surface area contributed by atoms with E-state index in [0.29, 0.717) is 24.2 Å². The van der Waals surface area contributed by atoms with Crippen LogP contribution in [0.15, 0.2) is 85.1 Å². The van der Waals surface area contributed by atoms with Gasteiger partial charge in [0, 0.05) is 25.2 Å². The molecule has 0 fully saturated rings. The van der Waals surface area contributed by atoms with Gasteiger partial charge in [0.25, 0.3) is 5.91 Å². The number of nitrogens with zero attached hydrogens (tertiary/aromatic N) is 2. The molecule has 3 rings (SSSR count). The van der Waals surface area contributed by atoms with Gasteiger partial charge in [-0.15, -0.1) is 0 Å². The molecule has 0 radical (unpaired) electrons. The van der Waals surface area contributed by atoms with Crippen LogP contribution in [0.3, 0.4) is 0 Å². The number of carbonyl (C=O) groups excluding carboxylic acids is 2. The molecular weight excluding hydrogens is 368 g/mol. The number of carbonyl (C=O) groups is 2. The highest BCUT2D eigenvalue weighted by molar-refractivity contribution is 5.88. The molecule has 148 valence electrons. The van der Waals surface area contributed by atoms with Crippen LogP contribution in [0.1, 0.15) is 21.6 Å². The second-order valence-corrected chi connectivity index (χ2v) is 6.52. The first-order valence-corrected chi connectivity index (χ1v) is 9.34. The quantitative estimate of drug-likeness (QED) is 0.337. The minimum Gasteiger partial charge on any atom is -0.618 e. The number of hydrogen-bond acceptors (Lipinski definition) is 4. The van der Waals surface area contributed by atoms with Crippen molar-refractivity contribution in [2.75, 3.05) is 13.2 Å². The third-order valence-electron chi connectivity index (χ3n) is 4.44. The van der Waals surface area contributed by atoms with Crippen LogP contribution in [-0.4, -0.2) is 29.9 Å². The smallest absolute Gasteiger partial charge is 0.405 e. The lowest BCUT2D eigenvalue weighted by Gasteiger charge is -2.23. The largest absolute Gasteiger partial charge is 0.618 e. The molecule has 0 saturated carbocycles. The number of amides is 1. The summed E-state index contributed by atoms with van der Waals surface area (Å²) < 4.78 is 5.51. The van der Waals surface area contributed by atoms with E-state index in [1.165, 1.54) is 18.3 Å². The predicted molar refractivity (Wildman–Crippen MR) is 108 cm³/mol. The van der Waals surface area contributed by atoms with E-state index >= 15 is 0 Å². The Bertz CT molecular complexity index is 945. The molecule has 2 aromatic carbocycles. The standard InChI is InChI=1S/C23H22N2O4/c26-22(18-29-23(27)21-13-7-8-15-25(21)28)24(17-20-11-5-2-6-12-20)16-14-19-9-3-1-4-10-19/h1-13,15H,14,16-18H2. The number of rotatable bonds is 8. The Kier molecular flexibility index (Phi) is 6.95. The topological polar surface area (TPSA) is 73.6 Å². The maximum absolute atomic E-state index is 12.8. The fraction of sp³-hybridized carbons (Fsp3) is 0.174. The Morgan fingerprint density at radius 2 is 1.48 bits per heavy atom. The minimum absolute atomic E-state index is 0.154. The predicted octanol–water partition coefficient (Wildman–Crippen LogP) is 2.75. The fourth-order valence-electron chi connectivity index (χ4n) is 2.88. The van der Waals surface area contributed by atoms with Crippen molar-refractivity contribution in [3.63, 3.8) is 0 Å². The summed E-state index contributed by atoms with van der Waals surface area (Å²) in [5.74, 6) is -1.14. The first kappa shape index (κ1) is 20.1. The zero-order valence-corrected chi connectivity index (χ0v) is 15.9. The van der Waals surface area contributed by atoms with Crippen molar-refractivity contribution in [1.29, 1.82) is 0 Å². The summed E-state index contributed by atoms with van der Waals surface area (Å²) in [5.41, 5.74) is 1.95. The molecular formula is C23H22N2O4. The van der Waals surface area contributed by atoms with Crippen molar-refractivity contribution < 1.29 is 19.1 Å². The zero-order chi connectivity index (χ0) is 20.5. The van der Waals surface area contributed by atoms with Gasteiger partial charge >= 0.3 is 11.7 Å². The number of aromatic nitrogens is 1. The van der Waals surface area contributed by atoms with Gasteiger partial charge in [0.1, 0.15) is 0 Å². The molecule has 6 nitrogen and oxygen atoms in total. The summed E-state index contributed by atoms with van der Waals surface area (Å²) >= 11 is 0. The van der Waals surface area contributed by atoms with E-state index in [0.717, 1.165) is 11.1 Å². The number of hydrogen-bond donors (Lipinski definition) is 0. The third kappa shape index (κ3) is 5.90. The van der Waals surface area contributed by atoms with Crippen LogP contribution in [0.2, 0.25) is 0 Å². The fourth-order valence-corrected chi connectivity index (χ4v) is 2.88. The van der Waals surface area contributed by atoms with Gasteiger partial charge in [-0.2, -0.15) is 4.73 Å². The molecule has 1 heterocycles. The summed E-state index contributed by atoms with van der Waals surface area (Å²) in [7, 11) is 0. The summed E-state index contributed by atoms with van der Waals surface area (Å²) in [4.78, 5) is 26.5. The minimum atomic E-state index is -0.823. The Balaban J connectivity index is 1.64. The second-order valence-electron chi connectivity index (χ2n) is 6.52. The lowest BCUT2D eigenvalue weighted by atomic mass is 10.1. The van der Waals surface area contributed by atoms with Crippen molar-refractivity contribution in [1.82, 2.24) is 4.90 Å². The molecule has 1 aromatic heterocycles. The summed E-state index contributed by atoms with van der Waals surface area (Å²) in [5, 5.41) is 11.7. The van der Waals surface area contributed by atoms with Gasteiger partial charge in [-0.3, -0.25) is 4.79 Å². The zero-order valence-electron chi connectivity index (χ0n) is 15.9. The van der Waals surface area contributed by atoms with Gasteiger partial charge in [-0.05, 0) is 23.6 Å². The van der Waals surface area contributed by atoms with E-state index in [1.54, 1.807) is 11.0 Å². The SMILES string of the molecule is O=C(OCC(=O)N(CCc1ccccc1)Cc1ccccc1)c1cccc[n+]1[O-]. The van der Waals surface area contributed by atoms with Crippen LogP contribution in [-0.2, 0) is 22.5 Å². The first-order valence-electron chi connectivity index (χ1n) is 9.34. The van der Waals surface area contributed by atoms with E-state index in [1.807, 2.05) is 60.7 Å². The van der Waals surface area contributed by atoms with Gasteiger partial charge in [-0.25, -0.2) is 4.79 Å². The summed E-state index contributed by atoms with van der Waals surface area (Å²) in [6.07, 6.45) is 1.90. The van der Waals surface area contributed by atoms with Crippen molar-refractivity contribution in [2.24, 2.45) is 0 Å². The Morgan fingerprint density at radius 1 is 0.862 bits per heavy atom. The molecule has 6 heteroatoms. The van der Waals surface area contributed by atoms with Crippen molar-refractivity contribution >= 4 is 11.9 Å².